The first-order chi connectivity index (χ1) is 15.2. The number of rotatable bonds is 9. The molecule has 4 aromatic heterocycles. The van der Waals surface area contributed by atoms with E-state index in [-0.39, 0.29) is 5.92 Å². The van der Waals surface area contributed by atoms with E-state index < -0.39 is 0 Å². The predicted octanol–water partition coefficient (Wildman–Crippen LogP) is 3.33. The minimum Gasteiger partial charge on any atom is -0.369 e. The molecule has 4 heterocycles. The monoisotopic (exact) mass is 414 g/mol. The van der Waals surface area contributed by atoms with Crippen molar-refractivity contribution >= 4 is 22.7 Å². The Hall–Kier alpha value is -3.65. The van der Waals surface area contributed by atoms with Gasteiger partial charge in [-0.05, 0) is 42.9 Å². The molecule has 0 aliphatic rings. The fraction of sp³-hybridized carbons (Fsp3) is 0.261. The maximum absolute atomic E-state index is 4.51. The van der Waals surface area contributed by atoms with Crippen LogP contribution in [0.1, 0.15) is 18.4 Å². The van der Waals surface area contributed by atoms with Gasteiger partial charge in [0.05, 0.1) is 16.7 Å². The summed E-state index contributed by atoms with van der Waals surface area (Å²) >= 11 is 0. The number of nitrogens with one attached hydrogen (secondary N) is 3. The number of nitrogens with zero attached hydrogens (tertiary/aromatic N) is 5. The summed E-state index contributed by atoms with van der Waals surface area (Å²) in [7, 11) is 1.93. The van der Waals surface area contributed by atoms with E-state index in [0.717, 1.165) is 59.1 Å². The van der Waals surface area contributed by atoms with Gasteiger partial charge in [-0.1, -0.05) is 6.92 Å². The van der Waals surface area contributed by atoms with Gasteiger partial charge in [0, 0.05) is 55.8 Å². The molecule has 0 amide bonds. The lowest BCUT2D eigenvalue weighted by Gasteiger charge is -2.15. The van der Waals surface area contributed by atoms with Gasteiger partial charge in [0.2, 0.25) is 0 Å². The summed E-state index contributed by atoms with van der Waals surface area (Å²) in [6, 6.07) is 11.8. The summed E-state index contributed by atoms with van der Waals surface area (Å²) in [5.74, 6) is 1.86. The standard InChI is InChI=1S/C23H26N8/c1-16(18-7-9-25-19-4-3-8-27-23(18)19)13-28-22-12-20(30-15-31-22)17-5-6-21(29-14-17)26-11-10-24-2/h3-9,12,14-16,24H,10-11,13H2,1-2H3,(H,26,29)(H,28,30,31)/t16-/m1/s1. The molecule has 0 saturated heterocycles. The SMILES string of the molecule is CNCCNc1ccc(-c2cc(NC[C@@H](C)c3ccnc4cccnc34)ncn2)cn1. The minimum absolute atomic E-state index is 0.239. The van der Waals surface area contributed by atoms with Crippen LogP contribution in [0.2, 0.25) is 0 Å². The van der Waals surface area contributed by atoms with Crippen LogP contribution in [0.3, 0.4) is 0 Å². The molecule has 0 fully saturated rings. The molecule has 0 saturated carbocycles. The first-order valence-corrected chi connectivity index (χ1v) is 10.3. The largest absolute Gasteiger partial charge is 0.369 e. The zero-order valence-corrected chi connectivity index (χ0v) is 17.7. The van der Waals surface area contributed by atoms with Crippen molar-refractivity contribution in [2.45, 2.75) is 12.8 Å². The highest BCUT2D eigenvalue weighted by Crippen LogP contribution is 2.24. The molecule has 0 spiro atoms. The average Bonchev–Trinajstić information content (AvgIpc) is 2.83. The van der Waals surface area contributed by atoms with Crippen LogP contribution in [0.25, 0.3) is 22.3 Å². The zero-order valence-electron chi connectivity index (χ0n) is 17.7. The van der Waals surface area contributed by atoms with Gasteiger partial charge in [-0.2, -0.15) is 0 Å². The summed E-state index contributed by atoms with van der Waals surface area (Å²) < 4.78 is 0. The van der Waals surface area contributed by atoms with Crippen LogP contribution in [-0.4, -0.2) is 51.6 Å². The highest BCUT2D eigenvalue weighted by atomic mass is 15.0. The molecule has 31 heavy (non-hydrogen) atoms. The third-order valence-corrected chi connectivity index (χ3v) is 5.06. The number of hydrogen-bond acceptors (Lipinski definition) is 8. The molecule has 0 bridgehead atoms. The fourth-order valence-electron chi connectivity index (χ4n) is 3.34. The van der Waals surface area contributed by atoms with Crippen molar-refractivity contribution in [2.75, 3.05) is 37.3 Å². The second-order valence-corrected chi connectivity index (χ2v) is 7.30. The smallest absolute Gasteiger partial charge is 0.129 e. The predicted molar refractivity (Wildman–Crippen MR) is 124 cm³/mol. The van der Waals surface area contributed by atoms with Crippen LogP contribution in [-0.2, 0) is 0 Å². The molecular formula is C23H26N8. The van der Waals surface area contributed by atoms with Crippen LogP contribution < -0.4 is 16.0 Å². The Labute approximate surface area is 181 Å². The van der Waals surface area contributed by atoms with E-state index in [2.05, 4.69) is 47.8 Å². The number of aromatic nitrogens is 5. The van der Waals surface area contributed by atoms with Crippen molar-refractivity contribution in [1.82, 2.24) is 30.2 Å². The van der Waals surface area contributed by atoms with Gasteiger partial charge in [0.25, 0.3) is 0 Å². The summed E-state index contributed by atoms with van der Waals surface area (Å²) in [5.41, 5.74) is 4.79. The van der Waals surface area contributed by atoms with E-state index in [4.69, 9.17) is 0 Å². The van der Waals surface area contributed by atoms with E-state index in [1.54, 1.807) is 12.5 Å². The first-order valence-electron chi connectivity index (χ1n) is 10.3. The number of fused-ring (bicyclic) bond motifs is 1. The van der Waals surface area contributed by atoms with Crippen LogP contribution in [0.4, 0.5) is 11.6 Å². The topological polar surface area (TPSA) is 101 Å². The van der Waals surface area contributed by atoms with Crippen molar-refractivity contribution in [1.29, 1.82) is 0 Å². The first kappa shape index (κ1) is 20.6. The van der Waals surface area contributed by atoms with Gasteiger partial charge in [-0.25, -0.2) is 15.0 Å². The zero-order chi connectivity index (χ0) is 21.5. The molecule has 1 atom stereocenters. The molecule has 8 nitrogen and oxygen atoms in total. The second kappa shape index (κ2) is 9.90. The van der Waals surface area contributed by atoms with Gasteiger partial charge in [0.15, 0.2) is 0 Å². The molecule has 0 radical (unpaired) electrons. The maximum Gasteiger partial charge on any atom is 0.129 e. The Morgan fingerprint density at radius 3 is 2.65 bits per heavy atom. The highest BCUT2D eigenvalue weighted by molar-refractivity contribution is 5.77. The van der Waals surface area contributed by atoms with Crippen LogP contribution >= 0.6 is 0 Å². The van der Waals surface area contributed by atoms with Crippen molar-refractivity contribution in [2.24, 2.45) is 0 Å². The third-order valence-electron chi connectivity index (χ3n) is 5.06. The Bertz CT molecular complexity index is 1120. The molecule has 8 heteroatoms. The second-order valence-electron chi connectivity index (χ2n) is 7.30. The van der Waals surface area contributed by atoms with Crippen molar-refractivity contribution in [3.8, 4) is 11.3 Å². The van der Waals surface area contributed by atoms with Gasteiger partial charge >= 0.3 is 0 Å². The number of likely N-dealkylation sites (N-methyl/N-ethyl adjacent to an activating group) is 1. The van der Waals surface area contributed by atoms with Crippen LogP contribution in [0.15, 0.2) is 61.3 Å². The van der Waals surface area contributed by atoms with E-state index >= 15 is 0 Å². The van der Waals surface area contributed by atoms with Crippen molar-refractivity contribution in [3.05, 3.63) is 66.9 Å². The molecule has 0 aliphatic heterocycles. The normalized spacial score (nSPS) is 11.9. The minimum atomic E-state index is 0.239. The molecular weight excluding hydrogens is 388 g/mol. The Morgan fingerprint density at radius 1 is 0.871 bits per heavy atom. The van der Waals surface area contributed by atoms with Gasteiger partial charge < -0.3 is 16.0 Å². The summed E-state index contributed by atoms with van der Waals surface area (Å²) in [6.07, 6.45) is 7.04. The molecule has 4 aromatic rings. The average molecular weight is 415 g/mol. The molecule has 0 aliphatic carbocycles. The van der Waals surface area contributed by atoms with E-state index in [9.17, 15) is 0 Å². The fourth-order valence-corrected chi connectivity index (χ4v) is 3.34. The molecule has 0 aromatic carbocycles. The lowest BCUT2D eigenvalue weighted by molar-refractivity contribution is 0.804. The van der Waals surface area contributed by atoms with Gasteiger partial charge in [-0.3, -0.25) is 9.97 Å². The highest BCUT2D eigenvalue weighted by Gasteiger charge is 2.11. The molecule has 0 unspecified atom stereocenters. The van der Waals surface area contributed by atoms with Crippen LogP contribution in [0.5, 0.6) is 0 Å². The van der Waals surface area contributed by atoms with Gasteiger partial charge in [0.1, 0.15) is 18.0 Å². The number of pyridine rings is 3. The Balaban J connectivity index is 1.43. The Morgan fingerprint density at radius 2 is 1.81 bits per heavy atom. The van der Waals surface area contributed by atoms with Gasteiger partial charge in [-0.15, -0.1) is 0 Å². The van der Waals surface area contributed by atoms with Crippen LogP contribution in [0, 0.1) is 0 Å². The Kier molecular flexibility index (Phi) is 6.59. The summed E-state index contributed by atoms with van der Waals surface area (Å²) in [6.45, 7) is 4.60. The number of anilines is 2. The quantitative estimate of drug-likeness (QED) is 0.359. The summed E-state index contributed by atoms with van der Waals surface area (Å²) in [4.78, 5) is 22.1. The summed E-state index contributed by atoms with van der Waals surface area (Å²) in [5, 5.41) is 9.79. The van der Waals surface area contributed by atoms with E-state index in [1.165, 1.54) is 0 Å². The maximum atomic E-state index is 4.51. The van der Waals surface area contributed by atoms with E-state index in [0.29, 0.717) is 0 Å². The van der Waals surface area contributed by atoms with Crippen molar-refractivity contribution in [3.63, 3.8) is 0 Å². The van der Waals surface area contributed by atoms with E-state index in [1.807, 2.05) is 55.8 Å². The third kappa shape index (κ3) is 5.10. The number of hydrogen-bond donors (Lipinski definition) is 3. The molecule has 4 rings (SSSR count). The lowest BCUT2D eigenvalue weighted by Crippen LogP contribution is -2.18. The molecule has 3 N–H and O–H groups in total. The van der Waals surface area contributed by atoms with Crippen molar-refractivity contribution < 1.29 is 0 Å². The molecule has 158 valence electrons. The lowest BCUT2D eigenvalue weighted by atomic mass is 10.0.